The predicted octanol–water partition coefficient (Wildman–Crippen LogP) is 17.8. The maximum atomic E-state index is 2.52. The van der Waals surface area contributed by atoms with E-state index >= 15 is 0 Å². The molecule has 2 aliphatic rings. The van der Waals surface area contributed by atoms with Crippen LogP contribution in [0.5, 0.6) is 0 Å². The van der Waals surface area contributed by atoms with E-state index in [1.807, 2.05) is 23.5 Å². The van der Waals surface area contributed by atoms with Gasteiger partial charge in [0.15, 0.2) is 0 Å². The van der Waals surface area contributed by atoms with Gasteiger partial charge < -0.3 is 4.57 Å². The summed E-state index contributed by atoms with van der Waals surface area (Å²) in [4.78, 5) is 5.31. The third-order valence-corrected chi connectivity index (χ3v) is 18.0. The molecule has 11 aromatic carbocycles. The molecule has 0 N–H and O–H groups in total. The van der Waals surface area contributed by atoms with E-state index in [1.165, 1.54) is 141 Å². The number of hydrogen-bond acceptors (Lipinski definition) is 2. The van der Waals surface area contributed by atoms with Crippen LogP contribution in [0.1, 0.15) is 52.7 Å². The second-order valence-electron chi connectivity index (χ2n) is 22.5. The highest BCUT2D eigenvalue weighted by Gasteiger charge is 2.39. The molecule has 0 aliphatic carbocycles. The molecule has 0 radical (unpaired) electrons. The van der Waals surface area contributed by atoms with Gasteiger partial charge >= 0.3 is 0 Å². The summed E-state index contributed by atoms with van der Waals surface area (Å²) in [5, 5.41) is 7.60. The maximum Gasteiger partial charge on any atom is 0.247 e. The third kappa shape index (κ3) is 7.32. The number of hydrogen-bond donors (Lipinski definition) is 0. The summed E-state index contributed by atoms with van der Waals surface area (Å²) >= 11 is 3.88. The minimum atomic E-state index is -0.0315. The van der Waals surface area contributed by atoms with Gasteiger partial charge in [0, 0.05) is 36.0 Å². The molecule has 0 fully saturated rings. The Morgan fingerprint density at radius 1 is 0.324 bits per heavy atom. The fourth-order valence-electron chi connectivity index (χ4n) is 12.1. The minimum absolute atomic E-state index is 0.0315. The Bertz CT molecular complexity index is 4140. The van der Waals surface area contributed by atoms with Crippen LogP contribution < -0.4 is 16.4 Å². The molecule has 354 valence electrons. The molecule has 74 heavy (non-hydrogen) atoms. The van der Waals surface area contributed by atoms with Crippen molar-refractivity contribution in [3.8, 4) is 50.2 Å². The van der Waals surface area contributed by atoms with Crippen molar-refractivity contribution < 1.29 is 0 Å². The Morgan fingerprint density at radius 2 is 0.757 bits per heavy atom. The largest absolute Gasteiger partial charge is 0.309 e. The molecule has 14 rings (SSSR count). The van der Waals surface area contributed by atoms with Crippen molar-refractivity contribution >= 4 is 90.0 Å². The van der Waals surface area contributed by atoms with Gasteiger partial charge in [-0.15, -0.1) is 0 Å². The second-order valence-corrected chi connectivity index (χ2v) is 24.6. The topological polar surface area (TPSA) is 4.93 Å². The van der Waals surface area contributed by atoms with Gasteiger partial charge in [0.1, 0.15) is 0 Å². The maximum absolute atomic E-state index is 2.52. The summed E-state index contributed by atoms with van der Waals surface area (Å²) < 4.78 is 2.46. The molecule has 12 aromatic rings. The summed E-state index contributed by atoms with van der Waals surface area (Å²) in [6, 6.07) is 83.0. The number of aromatic nitrogens is 1. The molecule has 0 bridgehead atoms. The van der Waals surface area contributed by atoms with Gasteiger partial charge in [0.05, 0.1) is 11.0 Å². The van der Waals surface area contributed by atoms with E-state index in [2.05, 4.69) is 264 Å². The van der Waals surface area contributed by atoms with E-state index < -0.39 is 0 Å². The number of rotatable bonds is 5. The van der Waals surface area contributed by atoms with E-state index in [-0.39, 0.29) is 17.5 Å². The van der Waals surface area contributed by atoms with Crippen LogP contribution in [-0.2, 0) is 10.8 Å². The Hall–Kier alpha value is -7.50. The summed E-state index contributed by atoms with van der Waals surface area (Å²) in [5.74, 6) is 0. The number of para-hydroxylation sites is 2. The molecule has 1 nitrogen and oxygen atoms in total. The highest BCUT2D eigenvalue weighted by molar-refractivity contribution is 8.01. The van der Waals surface area contributed by atoms with Crippen molar-refractivity contribution in [3.63, 3.8) is 0 Å². The normalized spacial score (nSPS) is 13.1. The Kier molecular flexibility index (Phi) is 10.4. The zero-order valence-corrected chi connectivity index (χ0v) is 44.3. The first kappa shape index (κ1) is 45.1. The van der Waals surface area contributed by atoms with Crippen LogP contribution in [0.2, 0.25) is 0 Å². The van der Waals surface area contributed by atoms with Gasteiger partial charge in [-0.3, -0.25) is 0 Å². The van der Waals surface area contributed by atoms with Gasteiger partial charge in [0.2, 0.25) is 6.71 Å². The van der Waals surface area contributed by atoms with Crippen molar-refractivity contribution in [1.29, 1.82) is 0 Å². The number of benzene rings is 11. The minimum Gasteiger partial charge on any atom is -0.309 e. The molecule has 0 saturated carbocycles. The van der Waals surface area contributed by atoms with E-state index in [0.29, 0.717) is 0 Å². The summed E-state index contributed by atoms with van der Waals surface area (Å²) in [5.41, 5.74) is 20.4. The summed E-state index contributed by atoms with van der Waals surface area (Å²) in [6.45, 7) is 14.2. The highest BCUT2D eigenvalue weighted by Crippen LogP contribution is 2.48. The van der Waals surface area contributed by atoms with Crippen LogP contribution in [0, 0.1) is 0 Å². The average Bonchev–Trinajstić information content (AvgIpc) is 3.76. The molecular weight excluding hydrogens is 930 g/mol. The van der Waals surface area contributed by atoms with Gasteiger partial charge in [0.25, 0.3) is 0 Å². The Labute approximate surface area is 443 Å². The molecule has 0 amide bonds. The van der Waals surface area contributed by atoms with Crippen molar-refractivity contribution in [1.82, 2.24) is 4.57 Å². The SMILES string of the molecule is CC(C)(C)c1cc(-c2cc(-c3cc4c5c(c3)Sc3cc(-n6c7ccccc7c7ccccc76)ccc3B5c3ccccc3S4)cc(-c3c4ccccc4c(-c4ccccc4)c4ccccc34)c2)cc(C(C)(C)C)c1. The smallest absolute Gasteiger partial charge is 0.247 e. The van der Waals surface area contributed by atoms with Crippen LogP contribution >= 0.6 is 23.5 Å². The lowest BCUT2D eigenvalue weighted by atomic mass is 9.36. The molecule has 2 aliphatic heterocycles. The van der Waals surface area contributed by atoms with E-state index in [0.717, 1.165) is 0 Å². The van der Waals surface area contributed by atoms with Crippen molar-refractivity contribution in [3.05, 3.63) is 230 Å². The average molecular weight is 984 g/mol. The van der Waals surface area contributed by atoms with E-state index in [9.17, 15) is 0 Å². The number of fused-ring (bicyclic) bond motifs is 9. The van der Waals surface area contributed by atoms with Crippen LogP contribution in [0.4, 0.5) is 0 Å². The first-order valence-corrected chi connectivity index (χ1v) is 27.6. The third-order valence-electron chi connectivity index (χ3n) is 15.8. The lowest BCUT2D eigenvalue weighted by molar-refractivity contribution is 0.569. The van der Waals surface area contributed by atoms with Crippen LogP contribution in [0.3, 0.4) is 0 Å². The molecule has 0 saturated heterocycles. The molecule has 3 heterocycles. The second kappa shape index (κ2) is 17.0. The van der Waals surface area contributed by atoms with Crippen LogP contribution in [-0.4, -0.2) is 11.3 Å². The molecule has 0 spiro atoms. The van der Waals surface area contributed by atoms with Crippen molar-refractivity contribution in [2.75, 3.05) is 0 Å². The zero-order valence-electron chi connectivity index (χ0n) is 42.6. The van der Waals surface area contributed by atoms with Crippen molar-refractivity contribution in [2.24, 2.45) is 0 Å². The fourth-order valence-corrected chi connectivity index (χ4v) is 14.6. The lowest BCUT2D eigenvalue weighted by Crippen LogP contribution is -2.58. The van der Waals surface area contributed by atoms with Crippen LogP contribution in [0.15, 0.2) is 238 Å². The fraction of sp³-hybridized carbons (Fsp3) is 0.114. The summed E-state index contributed by atoms with van der Waals surface area (Å²) in [6.07, 6.45) is 0. The monoisotopic (exact) mass is 983 g/mol. The van der Waals surface area contributed by atoms with Crippen LogP contribution in [0.25, 0.3) is 93.5 Å². The first-order valence-electron chi connectivity index (χ1n) is 26.0. The summed E-state index contributed by atoms with van der Waals surface area (Å²) in [7, 11) is 0. The predicted molar refractivity (Wildman–Crippen MR) is 321 cm³/mol. The molecule has 0 unspecified atom stereocenters. The molecule has 0 atom stereocenters. The zero-order chi connectivity index (χ0) is 50.0. The molecule has 1 aromatic heterocycles. The van der Waals surface area contributed by atoms with E-state index in [4.69, 9.17) is 0 Å². The Morgan fingerprint density at radius 3 is 1.32 bits per heavy atom. The van der Waals surface area contributed by atoms with Gasteiger partial charge in [-0.2, -0.15) is 0 Å². The lowest BCUT2D eigenvalue weighted by Gasteiger charge is -2.33. The standard InChI is InChI=1S/C70H54BNS2/c1-69(2,3)49-37-46(38-50(41-49)70(4,5)6)44-34-45(36-48(35-44)67-56-26-12-10-24-54(56)66(43-20-8-7-9-21-43)55-25-11-13-27-57(55)67)47-39-64-68-65(40-47)74-63-42-51(32-33-59(63)71(68)58-28-16-19-31-62(58)73-64)72-60-29-17-14-22-52(60)53-23-15-18-30-61(53)72/h7-42H,1-6H3. The highest BCUT2D eigenvalue weighted by atomic mass is 32.2. The van der Waals surface area contributed by atoms with Gasteiger partial charge in [-0.25, -0.2) is 0 Å². The van der Waals surface area contributed by atoms with Gasteiger partial charge in [-0.1, -0.05) is 234 Å². The van der Waals surface area contributed by atoms with E-state index in [1.54, 1.807) is 0 Å². The van der Waals surface area contributed by atoms with Crippen molar-refractivity contribution in [2.45, 2.75) is 72.0 Å². The van der Waals surface area contributed by atoms with Gasteiger partial charge in [-0.05, 0) is 154 Å². The molecular formula is C70H54BNS2. The first-order chi connectivity index (χ1) is 35.9. The quantitative estimate of drug-likeness (QED) is 0.125. The Balaban J connectivity index is 1.02. The number of nitrogens with zero attached hydrogens (tertiary/aromatic N) is 1. The molecule has 4 heteroatoms.